The maximum atomic E-state index is 10.8. The molecule has 0 radical (unpaired) electrons. The molecule has 5 N–H and O–H groups in total. The summed E-state index contributed by atoms with van der Waals surface area (Å²) in [5.41, 5.74) is 14.0. The molecule has 17 heavy (non-hydrogen) atoms. The standard InChI is InChI=1S/C12H15N3O2/c1-15-6-7(5-9(14)12(16)17)11-8(13)3-2-4-10(11)15/h2-4,6,9H,5,13-14H2,1H3,(H,16,17). The van der Waals surface area contributed by atoms with Crippen LogP contribution < -0.4 is 11.5 Å². The molecule has 1 atom stereocenters. The highest BCUT2D eigenvalue weighted by atomic mass is 16.4. The van der Waals surface area contributed by atoms with Crippen molar-refractivity contribution in [1.82, 2.24) is 4.57 Å². The predicted octanol–water partition coefficient (Wildman–Crippen LogP) is 0.715. The predicted molar refractivity (Wildman–Crippen MR) is 66.6 cm³/mol. The lowest BCUT2D eigenvalue weighted by Gasteiger charge is -2.05. The molecule has 5 heteroatoms. The summed E-state index contributed by atoms with van der Waals surface area (Å²) in [6, 6.07) is 4.72. The number of benzene rings is 1. The first-order valence-corrected chi connectivity index (χ1v) is 5.31. The van der Waals surface area contributed by atoms with Crippen LogP contribution in [0.4, 0.5) is 5.69 Å². The Balaban J connectivity index is 2.51. The van der Waals surface area contributed by atoms with Crippen molar-refractivity contribution < 1.29 is 9.90 Å². The fraction of sp³-hybridized carbons (Fsp3) is 0.250. The van der Waals surface area contributed by atoms with E-state index in [0.717, 1.165) is 16.5 Å². The van der Waals surface area contributed by atoms with Gasteiger partial charge < -0.3 is 21.1 Å². The number of aryl methyl sites for hydroxylation is 1. The number of nitrogens with two attached hydrogens (primary N) is 2. The molecule has 0 aliphatic carbocycles. The van der Waals surface area contributed by atoms with Gasteiger partial charge in [-0.05, 0) is 17.7 Å². The van der Waals surface area contributed by atoms with Crippen molar-refractivity contribution in [3.05, 3.63) is 30.0 Å². The summed E-state index contributed by atoms with van der Waals surface area (Å²) < 4.78 is 1.93. The number of rotatable bonds is 3. The van der Waals surface area contributed by atoms with Crippen LogP contribution in [0.2, 0.25) is 0 Å². The molecule has 0 saturated heterocycles. The summed E-state index contributed by atoms with van der Waals surface area (Å²) in [6.45, 7) is 0. The second-order valence-corrected chi connectivity index (χ2v) is 4.16. The Morgan fingerprint density at radius 1 is 1.53 bits per heavy atom. The lowest BCUT2D eigenvalue weighted by molar-refractivity contribution is -0.138. The van der Waals surface area contributed by atoms with Crippen molar-refractivity contribution in [2.24, 2.45) is 12.8 Å². The van der Waals surface area contributed by atoms with Crippen molar-refractivity contribution in [3.63, 3.8) is 0 Å². The molecule has 1 aromatic carbocycles. The van der Waals surface area contributed by atoms with Gasteiger partial charge in [0.15, 0.2) is 0 Å². The van der Waals surface area contributed by atoms with E-state index in [1.165, 1.54) is 0 Å². The summed E-state index contributed by atoms with van der Waals surface area (Å²) in [6.07, 6.45) is 2.16. The molecular weight excluding hydrogens is 218 g/mol. The van der Waals surface area contributed by atoms with Gasteiger partial charge in [-0.15, -0.1) is 0 Å². The molecule has 0 amide bonds. The molecule has 1 aromatic heterocycles. The van der Waals surface area contributed by atoms with Crippen LogP contribution in [-0.2, 0) is 18.3 Å². The normalized spacial score (nSPS) is 12.8. The molecule has 0 saturated carbocycles. The molecule has 0 bridgehead atoms. The Morgan fingerprint density at radius 2 is 2.24 bits per heavy atom. The van der Waals surface area contributed by atoms with Crippen LogP contribution in [0.15, 0.2) is 24.4 Å². The van der Waals surface area contributed by atoms with Gasteiger partial charge >= 0.3 is 5.97 Å². The van der Waals surface area contributed by atoms with Gasteiger partial charge in [0.1, 0.15) is 6.04 Å². The van der Waals surface area contributed by atoms with Crippen molar-refractivity contribution in [2.75, 3.05) is 5.73 Å². The molecule has 5 nitrogen and oxygen atoms in total. The number of aliphatic carboxylic acids is 1. The number of anilines is 1. The van der Waals surface area contributed by atoms with Gasteiger partial charge in [-0.3, -0.25) is 4.79 Å². The minimum absolute atomic E-state index is 0.279. The smallest absolute Gasteiger partial charge is 0.320 e. The van der Waals surface area contributed by atoms with E-state index in [1.807, 2.05) is 29.9 Å². The Labute approximate surface area is 98.6 Å². The van der Waals surface area contributed by atoms with E-state index in [2.05, 4.69) is 0 Å². The maximum absolute atomic E-state index is 10.8. The first kappa shape index (κ1) is 11.5. The molecule has 2 aromatic rings. The second kappa shape index (κ2) is 4.10. The van der Waals surface area contributed by atoms with Gasteiger partial charge in [-0.1, -0.05) is 6.07 Å². The van der Waals surface area contributed by atoms with E-state index >= 15 is 0 Å². The number of nitrogen functional groups attached to an aromatic ring is 1. The third kappa shape index (κ3) is 1.97. The third-order valence-electron chi connectivity index (χ3n) is 2.88. The highest BCUT2D eigenvalue weighted by Crippen LogP contribution is 2.27. The summed E-state index contributed by atoms with van der Waals surface area (Å²) in [5, 5.41) is 9.72. The van der Waals surface area contributed by atoms with E-state index < -0.39 is 12.0 Å². The summed E-state index contributed by atoms with van der Waals surface area (Å²) in [4.78, 5) is 10.8. The van der Waals surface area contributed by atoms with E-state index in [-0.39, 0.29) is 6.42 Å². The topological polar surface area (TPSA) is 94.3 Å². The zero-order valence-corrected chi connectivity index (χ0v) is 9.55. The van der Waals surface area contributed by atoms with Crippen molar-refractivity contribution >= 4 is 22.6 Å². The first-order valence-electron chi connectivity index (χ1n) is 5.31. The zero-order chi connectivity index (χ0) is 12.6. The molecular formula is C12H15N3O2. The number of nitrogens with zero attached hydrogens (tertiary/aromatic N) is 1. The van der Waals surface area contributed by atoms with Gasteiger partial charge in [-0.2, -0.15) is 0 Å². The second-order valence-electron chi connectivity index (χ2n) is 4.16. The minimum Gasteiger partial charge on any atom is -0.480 e. The van der Waals surface area contributed by atoms with E-state index in [1.54, 1.807) is 6.07 Å². The van der Waals surface area contributed by atoms with Crippen LogP contribution in [-0.4, -0.2) is 21.7 Å². The number of carbonyl (C=O) groups is 1. The highest BCUT2D eigenvalue weighted by molar-refractivity contribution is 5.94. The van der Waals surface area contributed by atoms with Crippen molar-refractivity contribution in [2.45, 2.75) is 12.5 Å². The number of hydrogen-bond donors (Lipinski definition) is 3. The molecule has 0 aliphatic heterocycles. The van der Waals surface area contributed by atoms with Crippen LogP contribution in [0.1, 0.15) is 5.56 Å². The van der Waals surface area contributed by atoms with Crippen LogP contribution in [0.25, 0.3) is 10.9 Å². The first-order chi connectivity index (χ1) is 8.00. The zero-order valence-electron chi connectivity index (χ0n) is 9.55. The summed E-state index contributed by atoms with van der Waals surface area (Å²) in [5.74, 6) is -1.00. The SMILES string of the molecule is Cn1cc(CC(N)C(=O)O)c2c(N)cccc21. The molecule has 1 heterocycles. The quantitative estimate of drug-likeness (QED) is 0.681. The molecule has 90 valence electrons. The number of carboxylic acid groups (broad SMARTS) is 1. The summed E-state index contributed by atoms with van der Waals surface area (Å²) in [7, 11) is 1.90. The van der Waals surface area contributed by atoms with E-state index in [9.17, 15) is 4.79 Å². The maximum Gasteiger partial charge on any atom is 0.320 e. The fourth-order valence-electron chi connectivity index (χ4n) is 2.05. The molecule has 0 aliphatic rings. The van der Waals surface area contributed by atoms with Gasteiger partial charge in [0.2, 0.25) is 0 Å². The Kier molecular flexibility index (Phi) is 2.77. The van der Waals surface area contributed by atoms with Crippen LogP contribution in [0.5, 0.6) is 0 Å². The molecule has 2 rings (SSSR count). The Morgan fingerprint density at radius 3 is 2.88 bits per heavy atom. The van der Waals surface area contributed by atoms with E-state index in [0.29, 0.717) is 5.69 Å². The number of aromatic nitrogens is 1. The number of hydrogen-bond acceptors (Lipinski definition) is 3. The molecule has 0 spiro atoms. The fourth-order valence-corrected chi connectivity index (χ4v) is 2.05. The van der Waals surface area contributed by atoms with Gasteiger partial charge in [-0.25, -0.2) is 0 Å². The number of fused-ring (bicyclic) bond motifs is 1. The Bertz CT molecular complexity index is 574. The van der Waals surface area contributed by atoms with E-state index in [4.69, 9.17) is 16.6 Å². The van der Waals surface area contributed by atoms with Gasteiger partial charge in [0, 0.05) is 30.7 Å². The lowest BCUT2D eigenvalue weighted by Crippen LogP contribution is -2.32. The average molecular weight is 233 g/mol. The van der Waals surface area contributed by atoms with Crippen molar-refractivity contribution in [3.8, 4) is 0 Å². The number of carboxylic acids is 1. The van der Waals surface area contributed by atoms with Gasteiger partial charge in [0.25, 0.3) is 0 Å². The lowest BCUT2D eigenvalue weighted by atomic mass is 10.0. The van der Waals surface area contributed by atoms with Gasteiger partial charge in [0.05, 0.1) is 5.52 Å². The Hall–Kier alpha value is -2.01. The monoisotopic (exact) mass is 233 g/mol. The van der Waals surface area contributed by atoms with Crippen LogP contribution in [0, 0.1) is 0 Å². The summed E-state index contributed by atoms with van der Waals surface area (Å²) >= 11 is 0. The largest absolute Gasteiger partial charge is 0.480 e. The highest BCUT2D eigenvalue weighted by Gasteiger charge is 2.16. The molecule has 0 fully saturated rings. The van der Waals surface area contributed by atoms with Crippen LogP contribution in [0.3, 0.4) is 0 Å². The third-order valence-corrected chi connectivity index (χ3v) is 2.88. The van der Waals surface area contributed by atoms with Crippen molar-refractivity contribution in [1.29, 1.82) is 0 Å². The minimum atomic E-state index is -1.00. The molecule has 1 unspecified atom stereocenters. The average Bonchev–Trinajstić information content (AvgIpc) is 2.57. The van der Waals surface area contributed by atoms with Crippen LogP contribution >= 0.6 is 0 Å².